The van der Waals surface area contributed by atoms with Crippen molar-refractivity contribution in [1.82, 2.24) is 0 Å². The molecule has 0 spiro atoms. The number of hydrogen-bond acceptors (Lipinski definition) is 6. The molecule has 0 heterocycles. The minimum absolute atomic E-state index is 0.425. The van der Waals surface area contributed by atoms with Crippen LogP contribution in [0.25, 0.3) is 0 Å². The van der Waals surface area contributed by atoms with E-state index < -0.39 is 49.2 Å². The van der Waals surface area contributed by atoms with Crippen molar-refractivity contribution >= 4 is 23.7 Å². The number of carboxylic acid groups (broad SMARTS) is 3. The molecule has 0 amide bonds. The number of aliphatic carboxylic acids is 3. The molecule has 0 aromatic heterocycles. The highest BCUT2D eigenvalue weighted by Crippen LogP contribution is 1.89. The van der Waals surface area contributed by atoms with Crippen molar-refractivity contribution in [1.29, 1.82) is 0 Å². The molecule has 0 saturated carbocycles. The Balaban J connectivity index is 0. The van der Waals surface area contributed by atoms with Gasteiger partial charge in [0.15, 0.2) is 0 Å². The predicted molar refractivity (Wildman–Crippen MR) is 52.2 cm³/mol. The number of carbonyl (C=O) groups is 4. The van der Waals surface area contributed by atoms with Crippen molar-refractivity contribution in [2.24, 2.45) is 5.73 Å². The zero-order valence-corrected chi connectivity index (χ0v) is 8.70. The fraction of sp³-hybridized carbons (Fsp3) is 0.500. The molecule has 9 nitrogen and oxygen atoms in total. The SMILES string of the molecule is NC(CO)C(=O)O.O=C(O)CCC(=O)C(=O)O. The second-order valence-electron chi connectivity index (χ2n) is 2.75. The fourth-order valence-electron chi connectivity index (χ4n) is 0.405. The predicted octanol–water partition coefficient (Wildman–Crippen LogP) is -2.10. The summed E-state index contributed by atoms with van der Waals surface area (Å²) in [4.78, 5) is 39.4. The number of nitrogens with two attached hydrogens (primary N) is 1. The Bertz CT molecular complexity index is 300. The molecule has 0 aliphatic rings. The molecule has 9 heteroatoms. The zero-order chi connectivity index (χ0) is 14.0. The van der Waals surface area contributed by atoms with Crippen LogP contribution in [-0.4, -0.2) is 56.8 Å². The van der Waals surface area contributed by atoms with Crippen LogP contribution in [0.1, 0.15) is 12.8 Å². The average molecular weight is 251 g/mol. The first-order valence-corrected chi connectivity index (χ1v) is 4.29. The molecule has 17 heavy (non-hydrogen) atoms. The van der Waals surface area contributed by atoms with E-state index >= 15 is 0 Å². The van der Waals surface area contributed by atoms with E-state index in [-0.39, 0.29) is 0 Å². The number of carbonyl (C=O) groups excluding carboxylic acids is 1. The Hall–Kier alpha value is -2.00. The molecule has 0 aromatic carbocycles. The van der Waals surface area contributed by atoms with Gasteiger partial charge in [-0.25, -0.2) is 4.79 Å². The van der Waals surface area contributed by atoms with Gasteiger partial charge in [-0.15, -0.1) is 0 Å². The van der Waals surface area contributed by atoms with Gasteiger partial charge in [-0.3, -0.25) is 14.4 Å². The van der Waals surface area contributed by atoms with Gasteiger partial charge in [0.05, 0.1) is 13.0 Å². The highest BCUT2D eigenvalue weighted by Gasteiger charge is 2.12. The number of ketones is 1. The van der Waals surface area contributed by atoms with Crippen molar-refractivity contribution in [2.45, 2.75) is 18.9 Å². The Morgan fingerprint density at radius 2 is 1.47 bits per heavy atom. The number of Topliss-reactive ketones (excluding diaryl/α,β-unsaturated/α-hetero) is 1. The third kappa shape index (κ3) is 11.9. The molecule has 0 bridgehead atoms. The molecular weight excluding hydrogens is 238 g/mol. The van der Waals surface area contributed by atoms with Gasteiger partial charge in [0.2, 0.25) is 5.78 Å². The van der Waals surface area contributed by atoms with Gasteiger partial charge in [-0.05, 0) is 0 Å². The van der Waals surface area contributed by atoms with E-state index in [1.165, 1.54) is 0 Å². The van der Waals surface area contributed by atoms with Crippen LogP contribution in [0.4, 0.5) is 0 Å². The molecule has 0 aliphatic heterocycles. The zero-order valence-electron chi connectivity index (χ0n) is 8.70. The van der Waals surface area contributed by atoms with Crippen LogP contribution in [0, 0.1) is 0 Å². The highest BCUT2D eigenvalue weighted by atomic mass is 16.4. The van der Waals surface area contributed by atoms with Crippen molar-refractivity contribution in [2.75, 3.05) is 6.61 Å². The van der Waals surface area contributed by atoms with Crippen LogP contribution in [0.5, 0.6) is 0 Å². The number of aliphatic hydroxyl groups excluding tert-OH is 1. The van der Waals surface area contributed by atoms with Crippen molar-refractivity contribution in [3.05, 3.63) is 0 Å². The number of rotatable bonds is 6. The van der Waals surface area contributed by atoms with Crippen LogP contribution in [0.2, 0.25) is 0 Å². The third-order valence-corrected chi connectivity index (χ3v) is 1.32. The van der Waals surface area contributed by atoms with Crippen LogP contribution in [0.15, 0.2) is 0 Å². The number of hydrogen-bond donors (Lipinski definition) is 5. The summed E-state index contributed by atoms with van der Waals surface area (Å²) in [5, 5.41) is 31.8. The topological polar surface area (TPSA) is 175 Å². The lowest BCUT2D eigenvalue weighted by Crippen LogP contribution is -2.33. The summed E-state index contributed by atoms with van der Waals surface area (Å²) in [5.41, 5.74) is 4.77. The molecule has 1 atom stereocenters. The first-order chi connectivity index (χ1) is 7.72. The molecular formula is C8H13NO8. The third-order valence-electron chi connectivity index (χ3n) is 1.32. The summed E-state index contributed by atoms with van der Waals surface area (Å²) in [6.45, 7) is -0.505. The Labute approximate surface area is 95.5 Å². The molecule has 6 N–H and O–H groups in total. The minimum Gasteiger partial charge on any atom is -0.481 e. The maximum absolute atomic E-state index is 10.2. The monoisotopic (exact) mass is 251 g/mol. The summed E-state index contributed by atoms with van der Waals surface area (Å²) in [5.74, 6) is -5.00. The highest BCUT2D eigenvalue weighted by molar-refractivity contribution is 6.32. The summed E-state index contributed by atoms with van der Waals surface area (Å²) in [7, 11) is 0. The largest absolute Gasteiger partial charge is 0.481 e. The number of aliphatic hydroxyl groups is 1. The summed E-state index contributed by atoms with van der Waals surface area (Å²) < 4.78 is 0. The smallest absolute Gasteiger partial charge is 0.372 e. The van der Waals surface area contributed by atoms with E-state index in [4.69, 9.17) is 26.2 Å². The summed E-state index contributed by atoms with van der Waals surface area (Å²) >= 11 is 0. The van der Waals surface area contributed by atoms with E-state index in [1.807, 2.05) is 0 Å². The second-order valence-corrected chi connectivity index (χ2v) is 2.75. The normalized spacial score (nSPS) is 10.7. The maximum Gasteiger partial charge on any atom is 0.372 e. The van der Waals surface area contributed by atoms with E-state index in [0.717, 1.165) is 0 Å². The van der Waals surface area contributed by atoms with Crippen LogP contribution in [-0.2, 0) is 19.2 Å². The van der Waals surface area contributed by atoms with Gasteiger partial charge in [0.25, 0.3) is 0 Å². The lowest BCUT2D eigenvalue weighted by atomic mass is 10.2. The number of carboxylic acids is 3. The van der Waals surface area contributed by atoms with Gasteiger partial charge in [-0.1, -0.05) is 0 Å². The van der Waals surface area contributed by atoms with Crippen molar-refractivity contribution < 1.29 is 39.6 Å². The minimum atomic E-state index is -1.58. The molecule has 0 rings (SSSR count). The maximum atomic E-state index is 10.2. The molecule has 0 aliphatic carbocycles. The van der Waals surface area contributed by atoms with Gasteiger partial charge in [0, 0.05) is 6.42 Å². The molecule has 1 unspecified atom stereocenters. The average Bonchev–Trinajstić information content (AvgIpc) is 2.24. The summed E-state index contributed by atoms with van der Waals surface area (Å²) in [6.07, 6.45) is -0.865. The van der Waals surface area contributed by atoms with E-state index in [0.29, 0.717) is 0 Å². The van der Waals surface area contributed by atoms with E-state index in [9.17, 15) is 19.2 Å². The Morgan fingerprint density at radius 3 is 1.65 bits per heavy atom. The summed E-state index contributed by atoms with van der Waals surface area (Å²) in [6, 6.07) is -1.13. The van der Waals surface area contributed by atoms with Gasteiger partial charge >= 0.3 is 17.9 Å². The molecule has 0 radical (unpaired) electrons. The second kappa shape index (κ2) is 9.24. The van der Waals surface area contributed by atoms with Gasteiger partial charge in [-0.2, -0.15) is 0 Å². The molecule has 0 fully saturated rings. The van der Waals surface area contributed by atoms with Crippen molar-refractivity contribution in [3.8, 4) is 0 Å². The lowest BCUT2D eigenvalue weighted by molar-refractivity contribution is -0.149. The molecule has 98 valence electrons. The van der Waals surface area contributed by atoms with Gasteiger partial charge in [0.1, 0.15) is 6.04 Å². The quantitative estimate of drug-likeness (QED) is 0.331. The lowest BCUT2D eigenvalue weighted by Gasteiger charge is -1.96. The van der Waals surface area contributed by atoms with Crippen LogP contribution < -0.4 is 5.73 Å². The first kappa shape index (κ1) is 17.4. The first-order valence-electron chi connectivity index (χ1n) is 4.29. The van der Waals surface area contributed by atoms with E-state index in [1.54, 1.807) is 0 Å². The fourth-order valence-corrected chi connectivity index (χ4v) is 0.405. The van der Waals surface area contributed by atoms with Crippen LogP contribution >= 0.6 is 0 Å². The van der Waals surface area contributed by atoms with Gasteiger partial charge < -0.3 is 26.2 Å². The molecule has 0 saturated heterocycles. The Kier molecular flexibility index (Phi) is 9.46. The van der Waals surface area contributed by atoms with Crippen LogP contribution in [0.3, 0.4) is 0 Å². The van der Waals surface area contributed by atoms with Crippen molar-refractivity contribution in [3.63, 3.8) is 0 Å². The molecule has 0 aromatic rings. The Morgan fingerprint density at radius 1 is 1.00 bits per heavy atom. The standard InChI is InChI=1S/C5H6O5.C3H7NO3/c6-3(5(9)10)1-2-4(7)8;4-2(1-5)3(6)7/h1-2H2,(H,7,8)(H,9,10);2,5H,1,4H2,(H,6,7). The van der Waals surface area contributed by atoms with E-state index in [2.05, 4.69) is 0 Å².